The molecule has 5 amide bonds. The lowest BCUT2D eigenvalue weighted by Gasteiger charge is -2.30. The highest BCUT2D eigenvalue weighted by Gasteiger charge is 2.36. The van der Waals surface area contributed by atoms with E-state index in [2.05, 4.69) is 16.0 Å². The standard InChI is InChI=1S/C20H31N5O6/c1-20(2,3)15(31-19(22)30)17(28)25-14(5-4-10-23-18(21)29)16(27)24-13-8-6-12(11-26)7-9-13/h6-9,14-15,26H,4-5,10-11H2,1-3H3,(H2,22,30)(H,24,27)(H,25,28)(H3,21,23,29)/t14-,15+/m0/s1. The third kappa shape index (κ3) is 9.34. The fourth-order valence-corrected chi connectivity index (χ4v) is 2.70. The summed E-state index contributed by atoms with van der Waals surface area (Å²) in [4.78, 5) is 47.6. The van der Waals surface area contributed by atoms with Crippen molar-refractivity contribution >= 4 is 29.6 Å². The molecule has 172 valence electrons. The van der Waals surface area contributed by atoms with Crippen LogP contribution in [-0.2, 0) is 20.9 Å². The van der Waals surface area contributed by atoms with Crippen molar-refractivity contribution in [2.45, 2.75) is 52.4 Å². The van der Waals surface area contributed by atoms with Gasteiger partial charge in [-0.05, 0) is 30.5 Å². The first-order valence-electron chi connectivity index (χ1n) is 9.74. The molecule has 0 spiro atoms. The molecule has 0 aliphatic rings. The highest BCUT2D eigenvalue weighted by molar-refractivity contribution is 5.98. The monoisotopic (exact) mass is 437 g/mol. The van der Waals surface area contributed by atoms with Crippen molar-refractivity contribution in [2.24, 2.45) is 16.9 Å². The Hall–Kier alpha value is -3.34. The van der Waals surface area contributed by atoms with Gasteiger partial charge in [0.15, 0.2) is 6.10 Å². The number of hydrogen-bond donors (Lipinski definition) is 6. The third-order valence-electron chi connectivity index (χ3n) is 4.26. The van der Waals surface area contributed by atoms with E-state index in [4.69, 9.17) is 21.3 Å². The van der Waals surface area contributed by atoms with Gasteiger partial charge >= 0.3 is 12.1 Å². The van der Waals surface area contributed by atoms with Crippen LogP contribution in [0.25, 0.3) is 0 Å². The van der Waals surface area contributed by atoms with Gasteiger partial charge in [0.05, 0.1) is 6.61 Å². The van der Waals surface area contributed by atoms with Crippen molar-refractivity contribution in [3.8, 4) is 0 Å². The minimum absolute atomic E-state index is 0.131. The second kappa shape index (κ2) is 11.7. The highest BCUT2D eigenvalue weighted by atomic mass is 16.6. The summed E-state index contributed by atoms with van der Waals surface area (Å²) in [5.41, 5.74) is 10.5. The average Bonchev–Trinajstić information content (AvgIpc) is 2.67. The van der Waals surface area contributed by atoms with Crippen molar-refractivity contribution in [3.05, 3.63) is 29.8 Å². The summed E-state index contributed by atoms with van der Waals surface area (Å²) in [6.45, 7) is 5.15. The van der Waals surface area contributed by atoms with Gasteiger partial charge in [-0.1, -0.05) is 32.9 Å². The molecule has 8 N–H and O–H groups in total. The smallest absolute Gasteiger partial charge is 0.405 e. The number of amides is 5. The maximum atomic E-state index is 12.8. The number of ether oxygens (including phenoxy) is 1. The normalized spacial score (nSPS) is 12.9. The molecule has 31 heavy (non-hydrogen) atoms. The number of carbonyl (C=O) groups is 4. The molecule has 0 bridgehead atoms. The molecule has 2 atom stereocenters. The van der Waals surface area contributed by atoms with Gasteiger partial charge in [-0.3, -0.25) is 9.59 Å². The van der Waals surface area contributed by atoms with Crippen molar-refractivity contribution in [1.29, 1.82) is 0 Å². The maximum Gasteiger partial charge on any atom is 0.405 e. The van der Waals surface area contributed by atoms with Crippen LogP contribution in [-0.4, -0.2) is 47.7 Å². The molecule has 11 heteroatoms. The third-order valence-corrected chi connectivity index (χ3v) is 4.26. The summed E-state index contributed by atoms with van der Waals surface area (Å²) in [6.07, 6.45) is -1.79. The van der Waals surface area contributed by atoms with E-state index in [-0.39, 0.29) is 19.6 Å². The van der Waals surface area contributed by atoms with E-state index in [1.165, 1.54) is 0 Å². The molecule has 1 rings (SSSR count). The zero-order valence-corrected chi connectivity index (χ0v) is 17.9. The number of rotatable bonds is 10. The Balaban J connectivity index is 2.94. The highest BCUT2D eigenvalue weighted by Crippen LogP contribution is 2.23. The lowest BCUT2D eigenvalue weighted by Crippen LogP contribution is -2.52. The molecule has 0 aliphatic heterocycles. The van der Waals surface area contributed by atoms with E-state index in [1.54, 1.807) is 45.0 Å². The Morgan fingerprint density at radius 1 is 1.06 bits per heavy atom. The summed E-state index contributed by atoms with van der Waals surface area (Å²) in [7, 11) is 0. The molecule has 0 heterocycles. The maximum absolute atomic E-state index is 12.8. The van der Waals surface area contributed by atoms with Crippen LogP contribution in [0.1, 0.15) is 39.2 Å². The second-order valence-corrected chi connectivity index (χ2v) is 8.02. The molecule has 1 aromatic rings. The van der Waals surface area contributed by atoms with E-state index in [0.29, 0.717) is 17.7 Å². The van der Waals surface area contributed by atoms with Crippen LogP contribution in [0.15, 0.2) is 24.3 Å². The van der Waals surface area contributed by atoms with E-state index >= 15 is 0 Å². The summed E-state index contributed by atoms with van der Waals surface area (Å²) < 4.78 is 4.96. The lowest BCUT2D eigenvalue weighted by molar-refractivity contribution is -0.137. The van der Waals surface area contributed by atoms with Gasteiger partial charge in [-0.25, -0.2) is 9.59 Å². The number of benzene rings is 1. The van der Waals surface area contributed by atoms with Gasteiger partial charge in [-0.15, -0.1) is 0 Å². The molecule has 0 radical (unpaired) electrons. The topological polar surface area (TPSA) is 186 Å². The predicted octanol–water partition coefficient (Wildman–Crippen LogP) is 0.561. The van der Waals surface area contributed by atoms with Crippen molar-refractivity contribution < 1.29 is 29.0 Å². The van der Waals surface area contributed by atoms with Crippen LogP contribution >= 0.6 is 0 Å². The molecular formula is C20H31N5O6. The van der Waals surface area contributed by atoms with Gasteiger partial charge < -0.3 is 37.3 Å². The zero-order chi connectivity index (χ0) is 23.6. The van der Waals surface area contributed by atoms with Crippen molar-refractivity contribution in [2.75, 3.05) is 11.9 Å². The number of primary amides is 2. The second-order valence-electron chi connectivity index (χ2n) is 8.02. The first kappa shape index (κ1) is 25.7. The number of anilines is 1. The molecule has 0 saturated carbocycles. The first-order valence-corrected chi connectivity index (χ1v) is 9.74. The molecule has 0 unspecified atom stereocenters. The Kier molecular flexibility index (Phi) is 9.74. The lowest BCUT2D eigenvalue weighted by atomic mass is 9.88. The number of aliphatic hydroxyl groups excluding tert-OH is 1. The van der Waals surface area contributed by atoms with E-state index < -0.39 is 41.5 Å². The summed E-state index contributed by atoms with van der Waals surface area (Å²) in [5, 5.41) is 16.8. The largest absolute Gasteiger partial charge is 0.436 e. The van der Waals surface area contributed by atoms with Crippen LogP contribution in [0, 0.1) is 5.41 Å². The Morgan fingerprint density at radius 3 is 2.16 bits per heavy atom. The Morgan fingerprint density at radius 2 is 1.68 bits per heavy atom. The quantitative estimate of drug-likeness (QED) is 0.290. The van der Waals surface area contributed by atoms with E-state index in [9.17, 15) is 19.2 Å². The van der Waals surface area contributed by atoms with Gasteiger partial charge in [0.1, 0.15) is 6.04 Å². The Bertz CT molecular complexity index is 775. The number of carbonyl (C=O) groups excluding carboxylic acids is 4. The summed E-state index contributed by atoms with van der Waals surface area (Å²) >= 11 is 0. The zero-order valence-electron chi connectivity index (χ0n) is 17.9. The van der Waals surface area contributed by atoms with Crippen LogP contribution < -0.4 is 27.4 Å². The number of hydrogen-bond acceptors (Lipinski definition) is 6. The van der Waals surface area contributed by atoms with Gasteiger partial charge in [-0.2, -0.15) is 0 Å². The summed E-state index contributed by atoms with van der Waals surface area (Å²) in [5.74, 6) is -1.18. The molecule has 1 aromatic carbocycles. The number of aliphatic hydroxyl groups is 1. The molecule has 0 aliphatic carbocycles. The van der Waals surface area contributed by atoms with Crippen LogP contribution in [0.3, 0.4) is 0 Å². The van der Waals surface area contributed by atoms with Crippen LogP contribution in [0.5, 0.6) is 0 Å². The Labute approximate surface area is 180 Å². The number of nitrogens with one attached hydrogen (secondary N) is 3. The van der Waals surface area contributed by atoms with Gasteiger partial charge in [0.2, 0.25) is 5.91 Å². The fraction of sp³-hybridized carbons (Fsp3) is 0.500. The SMILES string of the molecule is CC(C)(C)[C@H](OC(N)=O)C(=O)N[C@@H](CCCNC(N)=O)C(=O)Nc1ccc(CO)cc1. The van der Waals surface area contributed by atoms with E-state index in [0.717, 1.165) is 0 Å². The number of urea groups is 1. The molecule has 0 fully saturated rings. The van der Waals surface area contributed by atoms with Crippen LogP contribution in [0.2, 0.25) is 0 Å². The molecule has 0 saturated heterocycles. The molecular weight excluding hydrogens is 406 g/mol. The van der Waals surface area contributed by atoms with Gasteiger partial charge in [0.25, 0.3) is 5.91 Å². The predicted molar refractivity (Wildman–Crippen MR) is 114 cm³/mol. The van der Waals surface area contributed by atoms with Gasteiger partial charge in [0, 0.05) is 17.6 Å². The minimum atomic E-state index is -1.21. The first-order chi connectivity index (χ1) is 14.4. The molecule has 11 nitrogen and oxygen atoms in total. The molecule has 0 aromatic heterocycles. The average molecular weight is 437 g/mol. The fourth-order valence-electron chi connectivity index (χ4n) is 2.70. The van der Waals surface area contributed by atoms with Crippen molar-refractivity contribution in [3.63, 3.8) is 0 Å². The summed E-state index contributed by atoms with van der Waals surface area (Å²) in [6, 6.07) is 4.85. The van der Waals surface area contributed by atoms with E-state index in [1.807, 2.05) is 0 Å². The minimum Gasteiger partial charge on any atom is -0.436 e. The van der Waals surface area contributed by atoms with Crippen LogP contribution in [0.4, 0.5) is 15.3 Å². The van der Waals surface area contributed by atoms with Crippen molar-refractivity contribution in [1.82, 2.24) is 10.6 Å². The number of nitrogens with two attached hydrogens (primary N) is 2.